The van der Waals surface area contributed by atoms with Gasteiger partial charge in [-0.3, -0.25) is 4.79 Å². The fraction of sp³-hybridized carbons (Fsp3) is 0.188. The van der Waals surface area contributed by atoms with E-state index in [9.17, 15) is 9.18 Å². The van der Waals surface area contributed by atoms with Crippen molar-refractivity contribution in [1.82, 2.24) is 0 Å². The summed E-state index contributed by atoms with van der Waals surface area (Å²) in [6.07, 6.45) is 0. The van der Waals surface area contributed by atoms with Crippen molar-refractivity contribution in [2.24, 2.45) is 0 Å². The molecule has 0 atom stereocenters. The second-order valence-electron chi connectivity index (χ2n) is 4.62. The van der Waals surface area contributed by atoms with E-state index in [2.05, 4.69) is 15.9 Å². The van der Waals surface area contributed by atoms with Crippen molar-refractivity contribution in [3.63, 3.8) is 0 Å². The first-order valence-corrected chi connectivity index (χ1v) is 7.26. The zero-order valence-electron chi connectivity index (χ0n) is 11.7. The zero-order valence-corrected chi connectivity index (χ0v) is 13.3. The fourth-order valence-electron chi connectivity index (χ4n) is 1.99. The van der Waals surface area contributed by atoms with Crippen LogP contribution < -0.4 is 10.5 Å². The number of anilines is 1. The molecule has 0 saturated carbocycles. The average molecular weight is 352 g/mol. The van der Waals surface area contributed by atoms with Crippen molar-refractivity contribution in [2.75, 3.05) is 12.3 Å². The lowest BCUT2D eigenvalue weighted by atomic mass is 10.00. The highest BCUT2D eigenvalue weighted by Crippen LogP contribution is 2.29. The number of hydrogen-bond acceptors (Lipinski definition) is 3. The van der Waals surface area contributed by atoms with E-state index >= 15 is 0 Å². The quantitative estimate of drug-likeness (QED) is 0.666. The number of carbonyl (C=O) groups is 1. The third-order valence-electron chi connectivity index (χ3n) is 3.01. The summed E-state index contributed by atoms with van der Waals surface area (Å²) in [6, 6.07) is 7.90. The highest BCUT2D eigenvalue weighted by atomic mass is 79.9. The number of halogens is 2. The molecule has 0 heterocycles. The SMILES string of the molecule is CCOc1ccc(C)cc1C(=O)c1cc(N)c(F)cc1Br. The van der Waals surface area contributed by atoms with Gasteiger partial charge in [0.15, 0.2) is 5.78 Å². The molecular weight excluding hydrogens is 337 g/mol. The molecule has 21 heavy (non-hydrogen) atoms. The Morgan fingerprint density at radius 3 is 2.67 bits per heavy atom. The molecule has 0 unspecified atom stereocenters. The van der Waals surface area contributed by atoms with E-state index < -0.39 is 5.82 Å². The van der Waals surface area contributed by atoms with Gasteiger partial charge in [0.05, 0.1) is 17.9 Å². The van der Waals surface area contributed by atoms with Crippen LogP contribution in [0.5, 0.6) is 5.75 Å². The number of hydrogen-bond donors (Lipinski definition) is 1. The van der Waals surface area contributed by atoms with Crippen molar-refractivity contribution in [3.05, 3.63) is 57.3 Å². The smallest absolute Gasteiger partial charge is 0.197 e. The summed E-state index contributed by atoms with van der Waals surface area (Å²) in [7, 11) is 0. The van der Waals surface area contributed by atoms with Crippen LogP contribution in [0.15, 0.2) is 34.8 Å². The first-order chi connectivity index (χ1) is 9.93. The molecule has 0 aliphatic heterocycles. The van der Waals surface area contributed by atoms with Crippen molar-refractivity contribution in [3.8, 4) is 5.75 Å². The summed E-state index contributed by atoms with van der Waals surface area (Å²) in [5.74, 6) is -0.323. The van der Waals surface area contributed by atoms with Gasteiger partial charge >= 0.3 is 0 Å². The number of aryl methyl sites for hydroxylation is 1. The van der Waals surface area contributed by atoms with Crippen LogP contribution in [0.25, 0.3) is 0 Å². The van der Waals surface area contributed by atoms with Gasteiger partial charge in [-0.25, -0.2) is 4.39 Å². The topological polar surface area (TPSA) is 52.3 Å². The Morgan fingerprint density at radius 1 is 1.29 bits per heavy atom. The Bertz CT molecular complexity index is 701. The molecule has 2 rings (SSSR count). The Labute approximate surface area is 131 Å². The monoisotopic (exact) mass is 351 g/mol. The number of ether oxygens (including phenoxy) is 1. The van der Waals surface area contributed by atoms with Gasteiger partial charge in [0.25, 0.3) is 0 Å². The molecule has 5 heteroatoms. The number of benzene rings is 2. The van der Waals surface area contributed by atoms with Crippen LogP contribution in [0.2, 0.25) is 0 Å². The van der Waals surface area contributed by atoms with Crippen molar-refractivity contribution in [1.29, 1.82) is 0 Å². The van der Waals surface area contributed by atoms with Gasteiger partial charge in [-0.15, -0.1) is 0 Å². The third kappa shape index (κ3) is 3.24. The molecule has 0 aliphatic carbocycles. The molecule has 0 spiro atoms. The van der Waals surface area contributed by atoms with Gasteiger partial charge in [0.2, 0.25) is 0 Å². The summed E-state index contributed by atoms with van der Waals surface area (Å²) in [5.41, 5.74) is 7.17. The molecule has 2 aromatic carbocycles. The molecule has 2 aromatic rings. The first-order valence-electron chi connectivity index (χ1n) is 6.46. The predicted molar refractivity (Wildman–Crippen MR) is 84.3 cm³/mol. The molecule has 3 nitrogen and oxygen atoms in total. The molecule has 0 amide bonds. The van der Waals surface area contributed by atoms with Gasteiger partial charge in [0, 0.05) is 10.0 Å². The van der Waals surface area contributed by atoms with Gasteiger partial charge in [-0.05, 0) is 54.0 Å². The minimum Gasteiger partial charge on any atom is -0.493 e. The number of rotatable bonds is 4. The molecule has 2 N–H and O–H groups in total. The molecule has 0 bridgehead atoms. The van der Waals surface area contributed by atoms with Crippen LogP contribution in [0.4, 0.5) is 10.1 Å². The largest absolute Gasteiger partial charge is 0.493 e. The van der Waals surface area contributed by atoms with Crippen molar-refractivity contribution >= 4 is 27.4 Å². The normalized spacial score (nSPS) is 10.5. The lowest BCUT2D eigenvalue weighted by Gasteiger charge is -2.12. The highest BCUT2D eigenvalue weighted by molar-refractivity contribution is 9.10. The van der Waals surface area contributed by atoms with E-state index in [1.165, 1.54) is 12.1 Å². The van der Waals surface area contributed by atoms with Crippen LogP contribution in [0.1, 0.15) is 28.4 Å². The number of nitrogens with two attached hydrogens (primary N) is 1. The van der Waals surface area contributed by atoms with Crippen LogP contribution >= 0.6 is 15.9 Å². The van der Waals surface area contributed by atoms with Crippen LogP contribution in [0.3, 0.4) is 0 Å². The van der Waals surface area contributed by atoms with E-state index in [1.54, 1.807) is 12.1 Å². The lowest BCUT2D eigenvalue weighted by Crippen LogP contribution is -2.08. The molecular formula is C16H15BrFNO2. The zero-order chi connectivity index (χ0) is 15.6. The summed E-state index contributed by atoms with van der Waals surface area (Å²) in [5, 5.41) is 0. The number of carbonyl (C=O) groups excluding carboxylic acids is 1. The van der Waals surface area contributed by atoms with Crippen LogP contribution in [-0.2, 0) is 0 Å². The van der Waals surface area contributed by atoms with Gasteiger partial charge < -0.3 is 10.5 Å². The van der Waals surface area contributed by atoms with Gasteiger partial charge in [-0.2, -0.15) is 0 Å². The summed E-state index contributed by atoms with van der Waals surface area (Å²) in [4.78, 5) is 12.7. The number of ketones is 1. The van der Waals surface area contributed by atoms with Gasteiger partial charge in [0.1, 0.15) is 11.6 Å². The van der Waals surface area contributed by atoms with E-state index in [1.807, 2.05) is 19.9 Å². The second-order valence-corrected chi connectivity index (χ2v) is 5.47. The summed E-state index contributed by atoms with van der Waals surface area (Å²) < 4.78 is 19.2. The molecule has 0 aromatic heterocycles. The summed E-state index contributed by atoms with van der Waals surface area (Å²) in [6.45, 7) is 4.19. The minimum atomic E-state index is -0.562. The standard InChI is InChI=1S/C16H15BrFNO2/c1-3-21-15-5-4-9(2)6-11(15)16(20)10-7-14(19)13(18)8-12(10)17/h4-8H,3,19H2,1-2H3. The highest BCUT2D eigenvalue weighted by Gasteiger charge is 2.19. The van der Waals surface area contributed by atoms with E-state index in [-0.39, 0.29) is 11.5 Å². The third-order valence-corrected chi connectivity index (χ3v) is 3.67. The Morgan fingerprint density at radius 2 is 2.00 bits per heavy atom. The summed E-state index contributed by atoms with van der Waals surface area (Å²) >= 11 is 3.20. The lowest BCUT2D eigenvalue weighted by molar-refractivity contribution is 0.103. The fourth-order valence-corrected chi connectivity index (χ4v) is 2.48. The molecule has 0 aliphatic rings. The van der Waals surface area contributed by atoms with Crippen LogP contribution in [0, 0.1) is 12.7 Å². The molecule has 0 fully saturated rings. The molecule has 110 valence electrons. The number of nitrogen functional groups attached to an aromatic ring is 1. The van der Waals surface area contributed by atoms with E-state index in [0.717, 1.165) is 5.56 Å². The van der Waals surface area contributed by atoms with Crippen LogP contribution in [-0.4, -0.2) is 12.4 Å². The Kier molecular flexibility index (Phi) is 4.63. The average Bonchev–Trinajstić information content (AvgIpc) is 2.44. The maximum atomic E-state index is 13.4. The maximum Gasteiger partial charge on any atom is 0.197 e. The minimum absolute atomic E-state index is 0.0628. The van der Waals surface area contributed by atoms with Crippen molar-refractivity contribution < 1.29 is 13.9 Å². The first kappa shape index (κ1) is 15.5. The molecule has 0 saturated heterocycles. The maximum absolute atomic E-state index is 13.4. The van der Waals surface area contributed by atoms with Crippen molar-refractivity contribution in [2.45, 2.75) is 13.8 Å². The molecule has 0 radical (unpaired) electrons. The van der Waals surface area contributed by atoms with Gasteiger partial charge in [-0.1, -0.05) is 11.6 Å². The van der Waals surface area contributed by atoms with E-state index in [4.69, 9.17) is 10.5 Å². The Balaban J connectivity index is 2.54. The Hall–Kier alpha value is -1.88. The predicted octanol–water partition coefficient (Wildman–Crippen LogP) is 4.11. The van der Waals surface area contributed by atoms with E-state index in [0.29, 0.717) is 28.0 Å². The second kappa shape index (κ2) is 6.26.